The first-order chi connectivity index (χ1) is 19.8. The van der Waals surface area contributed by atoms with Crippen LogP contribution < -0.4 is 16.0 Å². The lowest BCUT2D eigenvalue weighted by atomic mass is 10.0. The Balaban J connectivity index is 2.02. The number of likely N-dealkylation sites (N-methyl/N-ethyl adjacent to an activating group) is 1. The SMILES string of the molecule is C=N/C(=C\C=C(/C)C(F)(F)C(=O)N[C@@H](C)C(=O)Nc1ccc(C[C@@H](NC(=O)CC)C(=O)N2CCN(C)CC2)cc1)OC. The van der Waals surface area contributed by atoms with Gasteiger partial charge >= 0.3 is 5.92 Å². The quantitative estimate of drug-likeness (QED) is 0.183. The molecule has 1 aliphatic heterocycles. The summed E-state index contributed by atoms with van der Waals surface area (Å²) in [5.41, 5.74) is 0.528. The fourth-order valence-corrected chi connectivity index (χ4v) is 3.97. The summed E-state index contributed by atoms with van der Waals surface area (Å²) in [5, 5.41) is 7.41. The van der Waals surface area contributed by atoms with Gasteiger partial charge in [-0.3, -0.25) is 19.2 Å². The predicted molar refractivity (Wildman–Crippen MR) is 156 cm³/mol. The summed E-state index contributed by atoms with van der Waals surface area (Å²) in [6, 6.07) is 4.57. The van der Waals surface area contributed by atoms with E-state index in [0.29, 0.717) is 18.8 Å². The molecule has 0 unspecified atom stereocenters. The molecule has 2 atom stereocenters. The number of benzene rings is 1. The van der Waals surface area contributed by atoms with Crippen molar-refractivity contribution in [3.8, 4) is 0 Å². The molecule has 1 aliphatic rings. The maximum atomic E-state index is 14.6. The van der Waals surface area contributed by atoms with E-state index in [2.05, 4.69) is 27.2 Å². The third kappa shape index (κ3) is 9.75. The Kier molecular flexibility index (Phi) is 12.8. The molecule has 2 rings (SSSR count). The van der Waals surface area contributed by atoms with Crippen LogP contribution in [0.1, 0.15) is 32.8 Å². The first kappa shape index (κ1) is 34.1. The number of nitrogens with zero attached hydrogens (tertiary/aromatic N) is 3. The molecule has 42 heavy (non-hydrogen) atoms. The van der Waals surface area contributed by atoms with Crippen molar-refractivity contribution in [1.82, 2.24) is 20.4 Å². The van der Waals surface area contributed by atoms with Gasteiger partial charge in [-0.25, -0.2) is 4.99 Å². The zero-order valence-electron chi connectivity index (χ0n) is 24.7. The number of amides is 4. The Morgan fingerprint density at radius 2 is 1.71 bits per heavy atom. The van der Waals surface area contributed by atoms with Crippen molar-refractivity contribution < 1.29 is 32.7 Å². The maximum Gasteiger partial charge on any atom is 0.345 e. The van der Waals surface area contributed by atoms with Crippen LogP contribution >= 0.6 is 0 Å². The number of hydrogen-bond acceptors (Lipinski definition) is 7. The third-order valence-corrected chi connectivity index (χ3v) is 6.79. The number of allylic oxidation sites excluding steroid dienone is 2. The number of piperazine rings is 1. The van der Waals surface area contributed by atoms with Crippen molar-refractivity contribution in [2.45, 2.75) is 51.6 Å². The Labute approximate surface area is 245 Å². The number of rotatable bonds is 13. The molecule has 11 nitrogen and oxygen atoms in total. The van der Waals surface area contributed by atoms with Crippen molar-refractivity contribution in [1.29, 1.82) is 0 Å². The second-order valence-corrected chi connectivity index (χ2v) is 9.98. The van der Waals surface area contributed by atoms with Crippen LogP contribution in [0.2, 0.25) is 0 Å². The van der Waals surface area contributed by atoms with Crippen LogP contribution in [-0.2, 0) is 30.3 Å². The Morgan fingerprint density at radius 3 is 2.26 bits per heavy atom. The van der Waals surface area contributed by atoms with E-state index >= 15 is 0 Å². The normalized spacial score (nSPS) is 16.2. The van der Waals surface area contributed by atoms with Gasteiger partial charge in [0.25, 0.3) is 5.91 Å². The highest BCUT2D eigenvalue weighted by atomic mass is 19.3. The van der Waals surface area contributed by atoms with Crippen molar-refractivity contribution in [3.63, 3.8) is 0 Å². The molecule has 4 amide bonds. The molecule has 1 saturated heterocycles. The lowest BCUT2D eigenvalue weighted by molar-refractivity contribution is -0.142. The summed E-state index contributed by atoms with van der Waals surface area (Å²) in [5.74, 6) is -6.63. The molecule has 1 fully saturated rings. The van der Waals surface area contributed by atoms with Crippen molar-refractivity contribution >= 4 is 36.0 Å². The van der Waals surface area contributed by atoms with Crippen LogP contribution in [0.25, 0.3) is 0 Å². The summed E-state index contributed by atoms with van der Waals surface area (Å²) in [7, 11) is 3.28. The molecule has 1 aromatic rings. The van der Waals surface area contributed by atoms with Crippen LogP contribution in [0.4, 0.5) is 14.5 Å². The van der Waals surface area contributed by atoms with Crippen molar-refractivity contribution in [2.75, 3.05) is 45.7 Å². The number of carbonyl (C=O) groups is 4. The van der Waals surface area contributed by atoms with Gasteiger partial charge in [0.15, 0.2) is 0 Å². The third-order valence-electron chi connectivity index (χ3n) is 6.79. The van der Waals surface area contributed by atoms with Crippen LogP contribution in [0.15, 0.2) is 52.9 Å². The van der Waals surface area contributed by atoms with E-state index in [1.165, 1.54) is 14.0 Å². The number of aliphatic imine (C=N–C) groups is 1. The molecular weight excluding hydrogens is 550 g/mol. The van der Waals surface area contributed by atoms with E-state index in [4.69, 9.17) is 4.74 Å². The largest absolute Gasteiger partial charge is 0.481 e. The van der Waals surface area contributed by atoms with Gasteiger partial charge in [-0.05, 0) is 45.3 Å². The van der Waals surface area contributed by atoms with Crippen molar-refractivity contribution in [3.05, 3.63) is 53.4 Å². The monoisotopic (exact) mass is 590 g/mol. The summed E-state index contributed by atoms with van der Waals surface area (Å²) in [6.45, 7) is 9.96. The van der Waals surface area contributed by atoms with Gasteiger partial charge in [-0.1, -0.05) is 25.1 Å². The second kappa shape index (κ2) is 15.8. The minimum Gasteiger partial charge on any atom is -0.481 e. The number of carbonyl (C=O) groups excluding carboxylic acids is 4. The van der Waals surface area contributed by atoms with E-state index in [9.17, 15) is 28.0 Å². The molecule has 1 aromatic carbocycles. The van der Waals surface area contributed by atoms with Gasteiger partial charge in [0, 0.05) is 56.4 Å². The first-order valence-electron chi connectivity index (χ1n) is 13.6. The van der Waals surface area contributed by atoms with Gasteiger partial charge in [-0.2, -0.15) is 8.78 Å². The van der Waals surface area contributed by atoms with Crippen molar-refractivity contribution in [2.24, 2.45) is 4.99 Å². The lowest BCUT2D eigenvalue weighted by Crippen LogP contribution is -2.54. The molecule has 0 radical (unpaired) electrons. The number of methoxy groups -OCH3 is 1. The van der Waals surface area contributed by atoms with Crippen LogP contribution in [0.3, 0.4) is 0 Å². The van der Waals surface area contributed by atoms with E-state index < -0.39 is 35.4 Å². The molecule has 3 N–H and O–H groups in total. The van der Waals surface area contributed by atoms with Gasteiger partial charge in [0.1, 0.15) is 12.1 Å². The lowest BCUT2D eigenvalue weighted by Gasteiger charge is -2.34. The average molecular weight is 591 g/mol. The smallest absolute Gasteiger partial charge is 0.345 e. The fraction of sp³-hybridized carbons (Fsp3) is 0.483. The topological polar surface area (TPSA) is 132 Å². The number of ether oxygens (including phenoxy) is 1. The van der Waals surface area contributed by atoms with Gasteiger partial charge in [-0.15, -0.1) is 0 Å². The standard InChI is InChI=1S/C29H40F2N6O5/c1-7-24(38)35-23(27(40)37-16-14-36(5)15-17-37)18-21-9-11-22(12-10-21)34-26(39)20(3)33-28(41)29(30,31)19(2)8-13-25(32-4)42-6/h8-13,20,23H,4,7,14-18H2,1-3,5-6H3,(H,33,41)(H,34,39)(H,35,38)/b19-8+,25-13+/t20-,23+/m0/s1. The summed E-state index contributed by atoms with van der Waals surface area (Å²) < 4.78 is 34.0. The number of halogens is 2. The molecule has 0 spiro atoms. The highest BCUT2D eigenvalue weighted by Gasteiger charge is 2.41. The zero-order valence-corrected chi connectivity index (χ0v) is 24.7. The Bertz CT molecular complexity index is 1190. The van der Waals surface area contributed by atoms with Gasteiger partial charge < -0.3 is 30.5 Å². The molecule has 1 heterocycles. The van der Waals surface area contributed by atoms with E-state index in [1.807, 2.05) is 12.4 Å². The summed E-state index contributed by atoms with van der Waals surface area (Å²) in [4.78, 5) is 57.5. The Morgan fingerprint density at radius 1 is 1.10 bits per heavy atom. The first-order valence-corrected chi connectivity index (χ1v) is 13.6. The average Bonchev–Trinajstić information content (AvgIpc) is 2.97. The highest BCUT2D eigenvalue weighted by Crippen LogP contribution is 2.24. The number of anilines is 1. The van der Waals surface area contributed by atoms with Gasteiger partial charge in [0.2, 0.25) is 23.6 Å². The minimum atomic E-state index is -3.89. The van der Waals surface area contributed by atoms with Crippen LogP contribution in [-0.4, -0.2) is 98.5 Å². The van der Waals surface area contributed by atoms with E-state index in [1.54, 1.807) is 36.1 Å². The number of alkyl halides is 2. The van der Waals surface area contributed by atoms with E-state index in [0.717, 1.165) is 37.7 Å². The number of hydrogen-bond donors (Lipinski definition) is 3. The zero-order chi connectivity index (χ0) is 31.4. The molecule has 230 valence electrons. The van der Waals surface area contributed by atoms with Crippen LogP contribution in [0, 0.1) is 0 Å². The predicted octanol–water partition coefficient (Wildman–Crippen LogP) is 2.11. The number of nitrogens with one attached hydrogen (secondary N) is 3. The van der Waals surface area contributed by atoms with E-state index in [-0.39, 0.29) is 30.5 Å². The maximum absolute atomic E-state index is 14.6. The molecule has 0 bridgehead atoms. The second-order valence-electron chi connectivity index (χ2n) is 9.98. The molecular formula is C29H40F2N6O5. The Hall–Kier alpha value is -4.13. The fourth-order valence-electron chi connectivity index (χ4n) is 3.97. The minimum absolute atomic E-state index is 0.00724. The highest BCUT2D eigenvalue weighted by molar-refractivity contribution is 5.98. The summed E-state index contributed by atoms with van der Waals surface area (Å²) >= 11 is 0. The van der Waals surface area contributed by atoms with Gasteiger partial charge in [0.05, 0.1) is 7.11 Å². The van der Waals surface area contributed by atoms with Crippen LogP contribution in [0.5, 0.6) is 0 Å². The molecule has 0 aromatic heterocycles. The molecule has 13 heteroatoms. The molecule has 0 saturated carbocycles. The molecule has 0 aliphatic carbocycles. The summed E-state index contributed by atoms with van der Waals surface area (Å²) in [6.07, 6.45) is 2.62.